The number of methoxy groups -OCH3 is 2. The minimum Gasteiger partial charge on any atom is -0.493 e. The maximum atomic E-state index is 6.15. The van der Waals surface area contributed by atoms with Crippen molar-refractivity contribution in [2.45, 2.75) is 19.3 Å². The fourth-order valence-corrected chi connectivity index (χ4v) is 4.47. The first-order valence-electron chi connectivity index (χ1n) is 10.6. The SMILES string of the molecule is COc1ccc2nc3nc(N4CCCCC4)c(-c4ccc(Cl)cc4)cc3cc2c1OC. The zero-order valence-corrected chi connectivity index (χ0v) is 18.4. The number of benzene rings is 2. The van der Waals surface area contributed by atoms with Gasteiger partial charge in [-0.05, 0) is 61.2 Å². The lowest BCUT2D eigenvalue weighted by Gasteiger charge is -2.29. The van der Waals surface area contributed by atoms with E-state index in [1.54, 1.807) is 14.2 Å². The molecule has 0 amide bonds. The quantitative estimate of drug-likeness (QED) is 0.363. The van der Waals surface area contributed by atoms with Gasteiger partial charge in [0, 0.05) is 34.4 Å². The van der Waals surface area contributed by atoms with Gasteiger partial charge in [-0.2, -0.15) is 0 Å². The van der Waals surface area contributed by atoms with Crippen LogP contribution >= 0.6 is 11.6 Å². The van der Waals surface area contributed by atoms with E-state index in [1.807, 2.05) is 24.3 Å². The highest BCUT2D eigenvalue weighted by Gasteiger charge is 2.20. The first-order chi connectivity index (χ1) is 15.2. The molecule has 0 spiro atoms. The normalized spacial score (nSPS) is 14.2. The van der Waals surface area contributed by atoms with Gasteiger partial charge in [0.25, 0.3) is 0 Å². The van der Waals surface area contributed by atoms with Crippen molar-refractivity contribution in [1.29, 1.82) is 0 Å². The molecule has 4 aromatic rings. The molecule has 5 nitrogen and oxygen atoms in total. The third-order valence-electron chi connectivity index (χ3n) is 5.91. The van der Waals surface area contributed by atoms with E-state index in [-0.39, 0.29) is 0 Å². The second-order valence-corrected chi connectivity index (χ2v) is 8.25. The number of pyridine rings is 2. The highest BCUT2D eigenvalue weighted by molar-refractivity contribution is 6.30. The number of hydrogen-bond donors (Lipinski definition) is 0. The Labute approximate surface area is 186 Å². The summed E-state index contributed by atoms with van der Waals surface area (Å²) in [5, 5.41) is 2.59. The second kappa shape index (κ2) is 8.23. The van der Waals surface area contributed by atoms with Gasteiger partial charge >= 0.3 is 0 Å². The summed E-state index contributed by atoms with van der Waals surface area (Å²) in [5.41, 5.74) is 3.76. The number of aromatic nitrogens is 2. The predicted molar refractivity (Wildman–Crippen MR) is 127 cm³/mol. The number of halogens is 1. The Kier molecular flexibility index (Phi) is 5.28. The number of piperidine rings is 1. The van der Waals surface area contributed by atoms with Crippen molar-refractivity contribution in [3.05, 3.63) is 53.6 Å². The molecular formula is C25H24ClN3O2. The van der Waals surface area contributed by atoms with Crippen LogP contribution < -0.4 is 14.4 Å². The van der Waals surface area contributed by atoms with Crippen molar-refractivity contribution in [3.63, 3.8) is 0 Å². The average Bonchev–Trinajstić information content (AvgIpc) is 2.82. The average molecular weight is 434 g/mol. The summed E-state index contributed by atoms with van der Waals surface area (Å²) in [4.78, 5) is 12.3. The van der Waals surface area contributed by atoms with Gasteiger partial charge in [0.2, 0.25) is 0 Å². The number of ether oxygens (including phenoxy) is 2. The van der Waals surface area contributed by atoms with Gasteiger partial charge in [-0.15, -0.1) is 0 Å². The molecule has 2 aromatic heterocycles. The lowest BCUT2D eigenvalue weighted by Crippen LogP contribution is -2.30. The Morgan fingerprint density at radius 3 is 2.35 bits per heavy atom. The van der Waals surface area contributed by atoms with E-state index < -0.39 is 0 Å². The molecule has 1 aliphatic rings. The number of hydrogen-bond acceptors (Lipinski definition) is 5. The fraction of sp³-hybridized carbons (Fsp3) is 0.280. The van der Waals surface area contributed by atoms with Gasteiger partial charge in [0.1, 0.15) is 5.82 Å². The Bertz CT molecular complexity index is 1250. The summed E-state index contributed by atoms with van der Waals surface area (Å²) in [6.45, 7) is 2.02. The molecule has 5 rings (SSSR count). The molecule has 0 atom stereocenters. The van der Waals surface area contributed by atoms with Crippen LogP contribution in [0.25, 0.3) is 33.1 Å². The van der Waals surface area contributed by atoms with Crippen molar-refractivity contribution in [3.8, 4) is 22.6 Å². The van der Waals surface area contributed by atoms with Crippen LogP contribution in [-0.2, 0) is 0 Å². The minimum absolute atomic E-state index is 0.683. The van der Waals surface area contributed by atoms with Crippen molar-refractivity contribution >= 4 is 39.4 Å². The number of anilines is 1. The summed E-state index contributed by atoms with van der Waals surface area (Å²) in [5.74, 6) is 2.36. The van der Waals surface area contributed by atoms with Crippen LogP contribution in [0.2, 0.25) is 5.02 Å². The zero-order valence-electron chi connectivity index (χ0n) is 17.7. The van der Waals surface area contributed by atoms with E-state index >= 15 is 0 Å². The molecular weight excluding hydrogens is 410 g/mol. The van der Waals surface area contributed by atoms with Crippen LogP contribution in [0.1, 0.15) is 19.3 Å². The molecule has 0 saturated carbocycles. The molecule has 0 bridgehead atoms. The summed E-state index contributed by atoms with van der Waals surface area (Å²) in [6, 6.07) is 16.1. The van der Waals surface area contributed by atoms with Crippen LogP contribution in [0.4, 0.5) is 5.82 Å². The third kappa shape index (κ3) is 3.63. The summed E-state index contributed by atoms with van der Waals surface area (Å²) in [7, 11) is 3.29. The highest BCUT2D eigenvalue weighted by atomic mass is 35.5. The van der Waals surface area contributed by atoms with Crippen molar-refractivity contribution in [2.75, 3.05) is 32.2 Å². The largest absolute Gasteiger partial charge is 0.493 e. The van der Waals surface area contributed by atoms with Crippen LogP contribution in [0.3, 0.4) is 0 Å². The van der Waals surface area contributed by atoms with Gasteiger partial charge in [0.15, 0.2) is 17.1 Å². The molecule has 0 radical (unpaired) electrons. The van der Waals surface area contributed by atoms with Crippen LogP contribution in [0.15, 0.2) is 48.5 Å². The Hall–Kier alpha value is -3.05. The molecule has 6 heteroatoms. The standard InChI is InChI=1S/C25H24ClN3O2/c1-30-22-11-10-21-20(23(22)31-2)15-17-14-19(16-6-8-18(26)9-7-16)25(28-24(17)27-21)29-12-4-3-5-13-29/h6-11,14-15H,3-5,12-13H2,1-2H3. The predicted octanol–water partition coefficient (Wildman–Crippen LogP) is 6.11. The molecule has 2 aromatic carbocycles. The molecule has 0 aliphatic carbocycles. The maximum Gasteiger partial charge on any atom is 0.170 e. The smallest absolute Gasteiger partial charge is 0.170 e. The van der Waals surface area contributed by atoms with Crippen molar-refractivity contribution in [1.82, 2.24) is 9.97 Å². The van der Waals surface area contributed by atoms with Gasteiger partial charge in [-0.1, -0.05) is 23.7 Å². The minimum atomic E-state index is 0.683. The number of fused-ring (bicyclic) bond motifs is 2. The Morgan fingerprint density at radius 1 is 0.871 bits per heavy atom. The molecule has 158 valence electrons. The number of rotatable bonds is 4. The van der Waals surface area contributed by atoms with E-state index in [1.165, 1.54) is 19.3 Å². The summed E-state index contributed by atoms with van der Waals surface area (Å²) in [6.07, 6.45) is 3.63. The monoisotopic (exact) mass is 433 g/mol. The van der Waals surface area contributed by atoms with E-state index in [0.29, 0.717) is 11.5 Å². The Morgan fingerprint density at radius 2 is 1.65 bits per heavy atom. The molecule has 3 heterocycles. The van der Waals surface area contributed by atoms with Crippen molar-refractivity contribution < 1.29 is 9.47 Å². The molecule has 31 heavy (non-hydrogen) atoms. The third-order valence-corrected chi connectivity index (χ3v) is 6.16. The van der Waals surface area contributed by atoms with Gasteiger partial charge < -0.3 is 14.4 Å². The van der Waals surface area contributed by atoms with Crippen LogP contribution in [0, 0.1) is 0 Å². The summed E-state index contributed by atoms with van der Waals surface area (Å²) >= 11 is 6.15. The topological polar surface area (TPSA) is 47.5 Å². The zero-order chi connectivity index (χ0) is 21.4. The molecule has 1 fully saturated rings. The molecule has 0 unspecified atom stereocenters. The van der Waals surface area contributed by atoms with Gasteiger partial charge in [0.05, 0.1) is 19.7 Å². The van der Waals surface area contributed by atoms with Gasteiger partial charge in [-0.3, -0.25) is 0 Å². The first-order valence-corrected chi connectivity index (χ1v) is 10.9. The van der Waals surface area contributed by atoms with E-state index in [4.69, 9.17) is 31.0 Å². The lowest BCUT2D eigenvalue weighted by atomic mass is 10.0. The van der Waals surface area contributed by atoms with E-state index in [2.05, 4.69) is 29.2 Å². The second-order valence-electron chi connectivity index (χ2n) is 7.82. The molecule has 1 saturated heterocycles. The van der Waals surface area contributed by atoms with Gasteiger partial charge in [-0.25, -0.2) is 9.97 Å². The fourth-order valence-electron chi connectivity index (χ4n) is 4.34. The van der Waals surface area contributed by atoms with E-state index in [0.717, 1.165) is 57.0 Å². The van der Waals surface area contributed by atoms with E-state index in [9.17, 15) is 0 Å². The molecule has 1 aliphatic heterocycles. The van der Waals surface area contributed by atoms with Crippen molar-refractivity contribution in [2.24, 2.45) is 0 Å². The Balaban J connectivity index is 1.76. The maximum absolute atomic E-state index is 6.15. The molecule has 0 N–H and O–H groups in total. The summed E-state index contributed by atoms with van der Waals surface area (Å²) < 4.78 is 11.1. The first kappa shape index (κ1) is 19.9. The highest BCUT2D eigenvalue weighted by Crippen LogP contribution is 2.38. The van der Waals surface area contributed by atoms with Crippen LogP contribution in [-0.4, -0.2) is 37.3 Å². The number of nitrogens with zero attached hydrogens (tertiary/aromatic N) is 3. The lowest BCUT2D eigenvalue weighted by molar-refractivity contribution is 0.358. The van der Waals surface area contributed by atoms with Crippen LogP contribution in [0.5, 0.6) is 11.5 Å².